The van der Waals surface area contributed by atoms with Crippen molar-refractivity contribution in [1.29, 1.82) is 0 Å². The molecule has 0 aromatic heterocycles. The molecule has 3 aromatic rings. The second-order valence-corrected chi connectivity index (χ2v) is 5.75. The Kier molecular flexibility index (Phi) is 3.34. The normalized spacial score (nSPS) is 16.4. The fourth-order valence-electron chi connectivity index (χ4n) is 3.26. The quantitative estimate of drug-likeness (QED) is 0.612. The highest BCUT2D eigenvalue weighted by Gasteiger charge is 2.31. The van der Waals surface area contributed by atoms with Crippen LogP contribution in [0.2, 0.25) is 0 Å². The highest BCUT2D eigenvalue weighted by Crippen LogP contribution is 2.45. The number of fused-ring (bicyclic) bond motifs is 1. The average Bonchev–Trinajstić information content (AvgIpc) is 2.96. The molecule has 1 nitrogen and oxygen atoms in total. The van der Waals surface area contributed by atoms with Crippen LogP contribution in [0.3, 0.4) is 0 Å². The molecule has 4 rings (SSSR count). The molecule has 114 valence electrons. The minimum Gasteiger partial charge on any atom is -0.333 e. The van der Waals surface area contributed by atoms with E-state index in [4.69, 9.17) is 0 Å². The molecule has 0 radical (unpaired) electrons. The van der Waals surface area contributed by atoms with Gasteiger partial charge < -0.3 is 4.90 Å². The van der Waals surface area contributed by atoms with Crippen molar-refractivity contribution in [2.24, 2.45) is 0 Å². The lowest BCUT2D eigenvalue weighted by molar-refractivity contribution is 0.624. The number of hydrogen-bond donors (Lipinski definition) is 0. The third-order valence-electron chi connectivity index (χ3n) is 4.34. The Balaban J connectivity index is 1.82. The van der Waals surface area contributed by atoms with Crippen LogP contribution in [0.4, 0.5) is 20.2 Å². The summed E-state index contributed by atoms with van der Waals surface area (Å²) < 4.78 is 26.5. The van der Waals surface area contributed by atoms with Crippen LogP contribution in [0.25, 0.3) is 0 Å². The summed E-state index contributed by atoms with van der Waals surface area (Å²) in [7, 11) is 0. The third-order valence-corrected chi connectivity index (χ3v) is 4.34. The SMILES string of the molecule is Fc1ccc(C2Cc3ccccc3N2c2ccc(F)cc2)cc1. The molecule has 1 heterocycles. The van der Waals surface area contributed by atoms with Crippen LogP contribution in [0.1, 0.15) is 17.2 Å². The number of para-hydroxylation sites is 1. The van der Waals surface area contributed by atoms with E-state index in [9.17, 15) is 8.78 Å². The average molecular weight is 307 g/mol. The number of nitrogens with zero attached hydrogens (tertiary/aromatic N) is 1. The van der Waals surface area contributed by atoms with Crippen LogP contribution in [-0.2, 0) is 6.42 Å². The Morgan fingerprint density at radius 3 is 2.04 bits per heavy atom. The van der Waals surface area contributed by atoms with Gasteiger partial charge in [-0.3, -0.25) is 0 Å². The van der Waals surface area contributed by atoms with E-state index in [1.165, 1.54) is 29.8 Å². The molecule has 0 saturated heterocycles. The second kappa shape index (κ2) is 5.51. The lowest BCUT2D eigenvalue weighted by atomic mass is 10.0. The van der Waals surface area contributed by atoms with Crippen LogP contribution < -0.4 is 4.90 Å². The Bertz CT molecular complexity index is 825. The summed E-state index contributed by atoms with van der Waals surface area (Å²) >= 11 is 0. The van der Waals surface area contributed by atoms with Crippen molar-refractivity contribution in [2.45, 2.75) is 12.5 Å². The van der Waals surface area contributed by atoms with Gasteiger partial charge in [0.05, 0.1) is 6.04 Å². The fraction of sp³-hybridized carbons (Fsp3) is 0.100. The molecule has 1 aliphatic rings. The molecular formula is C20H15F2N. The number of halogens is 2. The zero-order valence-electron chi connectivity index (χ0n) is 12.4. The van der Waals surface area contributed by atoms with Crippen molar-refractivity contribution < 1.29 is 8.78 Å². The van der Waals surface area contributed by atoms with E-state index in [1.54, 1.807) is 12.1 Å². The van der Waals surface area contributed by atoms with E-state index in [2.05, 4.69) is 17.0 Å². The molecule has 0 N–H and O–H groups in total. The van der Waals surface area contributed by atoms with Crippen LogP contribution >= 0.6 is 0 Å². The predicted octanol–water partition coefficient (Wildman–Crippen LogP) is 5.40. The van der Waals surface area contributed by atoms with Crippen LogP contribution in [-0.4, -0.2) is 0 Å². The van der Waals surface area contributed by atoms with E-state index >= 15 is 0 Å². The minimum absolute atomic E-state index is 0.0819. The smallest absolute Gasteiger partial charge is 0.123 e. The minimum atomic E-state index is -0.250. The lowest BCUT2D eigenvalue weighted by Crippen LogP contribution is -2.19. The summed E-state index contributed by atoms with van der Waals surface area (Å²) in [5, 5.41) is 0. The van der Waals surface area contributed by atoms with Crippen LogP contribution in [0.15, 0.2) is 72.8 Å². The molecule has 3 aromatic carbocycles. The third kappa shape index (κ3) is 2.48. The van der Waals surface area contributed by atoms with Gasteiger partial charge in [-0.2, -0.15) is 0 Å². The standard InChI is InChI=1S/C20H15F2N/c21-16-7-5-14(6-8-16)20-13-15-3-1-2-4-19(15)23(20)18-11-9-17(22)10-12-18/h1-12,20H,13H2. The molecule has 3 heteroatoms. The second-order valence-electron chi connectivity index (χ2n) is 5.75. The summed E-state index contributed by atoms with van der Waals surface area (Å²) in [6.45, 7) is 0. The molecule has 1 aliphatic heterocycles. The van der Waals surface area contributed by atoms with E-state index < -0.39 is 0 Å². The number of rotatable bonds is 2. The van der Waals surface area contributed by atoms with E-state index in [0.717, 1.165) is 23.4 Å². The van der Waals surface area contributed by atoms with Crippen molar-refractivity contribution in [3.8, 4) is 0 Å². The van der Waals surface area contributed by atoms with Gasteiger partial charge in [0.1, 0.15) is 11.6 Å². The van der Waals surface area contributed by atoms with E-state index in [-0.39, 0.29) is 17.7 Å². The Morgan fingerprint density at radius 1 is 0.739 bits per heavy atom. The van der Waals surface area contributed by atoms with E-state index in [1.807, 2.05) is 24.3 Å². The lowest BCUT2D eigenvalue weighted by Gasteiger charge is -2.28. The topological polar surface area (TPSA) is 3.24 Å². The molecule has 0 saturated carbocycles. The van der Waals surface area contributed by atoms with Gasteiger partial charge in [0.2, 0.25) is 0 Å². The maximum Gasteiger partial charge on any atom is 0.123 e. The summed E-state index contributed by atoms with van der Waals surface area (Å²) in [5.74, 6) is -0.489. The van der Waals surface area contributed by atoms with Crippen molar-refractivity contribution in [2.75, 3.05) is 4.90 Å². The maximum atomic E-state index is 13.3. The maximum absolute atomic E-state index is 13.3. The molecular weight excluding hydrogens is 292 g/mol. The first-order valence-corrected chi connectivity index (χ1v) is 7.60. The van der Waals surface area contributed by atoms with Gasteiger partial charge in [-0.15, -0.1) is 0 Å². The van der Waals surface area contributed by atoms with Gasteiger partial charge in [0, 0.05) is 11.4 Å². The van der Waals surface area contributed by atoms with Crippen LogP contribution in [0, 0.1) is 11.6 Å². The predicted molar refractivity (Wildman–Crippen MR) is 87.8 cm³/mol. The van der Waals surface area contributed by atoms with Crippen LogP contribution in [0.5, 0.6) is 0 Å². The van der Waals surface area contributed by atoms with E-state index in [0.29, 0.717) is 0 Å². The highest BCUT2D eigenvalue weighted by molar-refractivity contribution is 5.72. The summed E-state index contributed by atoms with van der Waals surface area (Å²) in [6.07, 6.45) is 0.846. The summed E-state index contributed by atoms with van der Waals surface area (Å²) in [5.41, 5.74) is 4.34. The highest BCUT2D eigenvalue weighted by atomic mass is 19.1. The zero-order chi connectivity index (χ0) is 15.8. The molecule has 23 heavy (non-hydrogen) atoms. The van der Waals surface area contributed by atoms with Gasteiger partial charge in [0.25, 0.3) is 0 Å². The largest absolute Gasteiger partial charge is 0.333 e. The molecule has 1 unspecified atom stereocenters. The van der Waals surface area contributed by atoms with Gasteiger partial charge in [-0.1, -0.05) is 30.3 Å². The van der Waals surface area contributed by atoms with Gasteiger partial charge in [-0.05, 0) is 60.0 Å². The monoisotopic (exact) mass is 307 g/mol. The van der Waals surface area contributed by atoms with Crippen molar-refractivity contribution in [3.05, 3.63) is 95.6 Å². The summed E-state index contributed by atoms with van der Waals surface area (Å²) in [6, 6.07) is 21.4. The molecule has 0 aliphatic carbocycles. The van der Waals surface area contributed by atoms with Crippen molar-refractivity contribution >= 4 is 11.4 Å². The first-order chi connectivity index (χ1) is 11.2. The first-order valence-electron chi connectivity index (χ1n) is 7.60. The molecule has 0 bridgehead atoms. The molecule has 1 atom stereocenters. The first kappa shape index (κ1) is 13.9. The number of hydrogen-bond acceptors (Lipinski definition) is 1. The molecule has 0 amide bonds. The Hall–Kier alpha value is -2.68. The summed E-state index contributed by atoms with van der Waals surface area (Å²) in [4.78, 5) is 2.20. The Labute approximate surface area is 133 Å². The van der Waals surface area contributed by atoms with Crippen molar-refractivity contribution in [1.82, 2.24) is 0 Å². The Morgan fingerprint density at radius 2 is 1.35 bits per heavy atom. The number of anilines is 2. The molecule has 0 fully saturated rings. The molecule has 0 spiro atoms. The fourth-order valence-corrected chi connectivity index (χ4v) is 3.26. The van der Waals surface area contributed by atoms with Gasteiger partial charge in [0.15, 0.2) is 0 Å². The zero-order valence-corrected chi connectivity index (χ0v) is 12.4. The van der Waals surface area contributed by atoms with Gasteiger partial charge >= 0.3 is 0 Å². The number of benzene rings is 3. The van der Waals surface area contributed by atoms with Gasteiger partial charge in [-0.25, -0.2) is 8.78 Å². The van der Waals surface area contributed by atoms with Crippen molar-refractivity contribution in [3.63, 3.8) is 0 Å².